The first-order valence-corrected chi connectivity index (χ1v) is 14.6. The van der Waals surface area contributed by atoms with Gasteiger partial charge in [-0.15, -0.1) is 0 Å². The summed E-state index contributed by atoms with van der Waals surface area (Å²) in [5, 5.41) is 4.42. The summed E-state index contributed by atoms with van der Waals surface area (Å²) < 4.78 is 11.1. The predicted octanol–water partition coefficient (Wildman–Crippen LogP) is 6.77. The topological polar surface area (TPSA) is 18.5 Å². The Hall–Kier alpha value is -2.93. The molecule has 4 rings (SSSR count). The first kappa shape index (κ1) is 25.2. The van der Waals surface area contributed by atoms with Crippen LogP contribution in [0.25, 0.3) is 0 Å². The van der Waals surface area contributed by atoms with E-state index in [0.717, 1.165) is 18.8 Å². The first-order valence-electron chi connectivity index (χ1n) is 12.6. The SMILES string of the molecule is COc1ccc(COCCCCCC[P+](c2ccccc2)(c2ccccc2)c2ccccc2)cc1. The van der Waals surface area contributed by atoms with Crippen LogP contribution in [0.2, 0.25) is 0 Å². The number of benzene rings is 4. The molecule has 4 aromatic rings. The Morgan fingerprint density at radius 3 is 1.51 bits per heavy atom. The Balaban J connectivity index is 1.36. The van der Waals surface area contributed by atoms with Crippen molar-refractivity contribution >= 4 is 23.2 Å². The van der Waals surface area contributed by atoms with Crippen LogP contribution in [0.3, 0.4) is 0 Å². The summed E-state index contributed by atoms with van der Waals surface area (Å²) in [5.41, 5.74) is 1.19. The van der Waals surface area contributed by atoms with Crippen LogP contribution in [0.5, 0.6) is 5.75 Å². The van der Waals surface area contributed by atoms with E-state index in [-0.39, 0.29) is 0 Å². The molecule has 180 valence electrons. The molecule has 0 aliphatic heterocycles. The molecule has 0 saturated carbocycles. The van der Waals surface area contributed by atoms with Gasteiger partial charge in [-0.3, -0.25) is 0 Å². The Labute approximate surface area is 211 Å². The molecule has 0 fully saturated rings. The monoisotopic (exact) mass is 483 g/mol. The molecular weight excluding hydrogens is 447 g/mol. The highest BCUT2D eigenvalue weighted by Crippen LogP contribution is 2.55. The van der Waals surface area contributed by atoms with Gasteiger partial charge in [0.05, 0.1) is 19.9 Å². The predicted molar refractivity (Wildman–Crippen MR) is 151 cm³/mol. The minimum absolute atomic E-state index is 0.661. The standard InChI is InChI=1S/C32H36O2P/c1-33-29-23-21-28(22-24-29)27-34-25-13-2-3-14-26-35(30-15-7-4-8-16-30,31-17-9-5-10-18-31)32-19-11-6-12-20-32/h4-12,15-24H,2-3,13-14,25-27H2,1H3/q+1. The van der Waals surface area contributed by atoms with E-state index in [1.54, 1.807) is 7.11 Å². The lowest BCUT2D eigenvalue weighted by atomic mass is 10.2. The van der Waals surface area contributed by atoms with Gasteiger partial charge in [-0.1, -0.05) is 73.2 Å². The summed E-state index contributed by atoms with van der Waals surface area (Å²) in [4.78, 5) is 0. The van der Waals surface area contributed by atoms with Gasteiger partial charge in [0, 0.05) is 6.61 Å². The summed E-state index contributed by atoms with van der Waals surface area (Å²) in [6.07, 6.45) is 5.92. The second-order valence-electron chi connectivity index (χ2n) is 8.85. The van der Waals surface area contributed by atoms with Gasteiger partial charge in [0.2, 0.25) is 0 Å². The Kier molecular flexibility index (Phi) is 9.52. The normalized spacial score (nSPS) is 11.3. The van der Waals surface area contributed by atoms with Crippen LogP contribution in [0.15, 0.2) is 115 Å². The van der Waals surface area contributed by atoms with E-state index in [1.807, 2.05) is 12.1 Å². The zero-order valence-electron chi connectivity index (χ0n) is 20.7. The molecule has 2 nitrogen and oxygen atoms in total. The van der Waals surface area contributed by atoms with Gasteiger partial charge in [0.15, 0.2) is 0 Å². The van der Waals surface area contributed by atoms with Gasteiger partial charge in [0.25, 0.3) is 0 Å². The van der Waals surface area contributed by atoms with E-state index in [2.05, 4.69) is 103 Å². The molecular formula is C32H36O2P+. The van der Waals surface area contributed by atoms with E-state index in [1.165, 1.54) is 46.9 Å². The van der Waals surface area contributed by atoms with Crippen LogP contribution in [-0.2, 0) is 11.3 Å². The van der Waals surface area contributed by atoms with Gasteiger partial charge >= 0.3 is 0 Å². The minimum atomic E-state index is -1.70. The summed E-state index contributed by atoms with van der Waals surface area (Å²) in [5.74, 6) is 0.883. The number of methoxy groups -OCH3 is 1. The van der Waals surface area contributed by atoms with Crippen LogP contribution in [-0.4, -0.2) is 19.9 Å². The molecule has 0 unspecified atom stereocenters. The summed E-state index contributed by atoms with van der Waals surface area (Å²) >= 11 is 0. The fourth-order valence-corrected chi connectivity index (χ4v) is 9.11. The van der Waals surface area contributed by atoms with Gasteiger partial charge in [-0.2, -0.15) is 0 Å². The Morgan fingerprint density at radius 1 is 0.543 bits per heavy atom. The van der Waals surface area contributed by atoms with Gasteiger partial charge in [0.1, 0.15) is 28.9 Å². The van der Waals surface area contributed by atoms with Crippen molar-refractivity contribution in [2.75, 3.05) is 19.9 Å². The molecule has 0 spiro atoms. The van der Waals surface area contributed by atoms with E-state index in [9.17, 15) is 0 Å². The molecule has 0 bridgehead atoms. The first-order chi connectivity index (χ1) is 17.3. The fourth-order valence-electron chi connectivity index (χ4n) is 4.70. The quantitative estimate of drug-likeness (QED) is 0.154. The average Bonchev–Trinajstić information content (AvgIpc) is 2.94. The van der Waals surface area contributed by atoms with E-state index in [0.29, 0.717) is 6.61 Å². The zero-order valence-corrected chi connectivity index (χ0v) is 21.6. The maximum atomic E-state index is 5.91. The lowest BCUT2D eigenvalue weighted by Crippen LogP contribution is -2.33. The molecule has 0 aliphatic rings. The average molecular weight is 484 g/mol. The van der Waals surface area contributed by atoms with Crippen LogP contribution in [0.4, 0.5) is 0 Å². The molecule has 35 heavy (non-hydrogen) atoms. The molecule has 0 radical (unpaired) electrons. The number of hydrogen-bond donors (Lipinski definition) is 0. The molecule has 0 atom stereocenters. The van der Waals surface area contributed by atoms with Crippen LogP contribution in [0, 0.1) is 0 Å². The van der Waals surface area contributed by atoms with Gasteiger partial charge in [-0.25, -0.2) is 0 Å². The third kappa shape index (κ3) is 6.60. The molecule has 0 heterocycles. The third-order valence-corrected chi connectivity index (χ3v) is 11.1. The second-order valence-corrected chi connectivity index (χ2v) is 12.5. The maximum absolute atomic E-state index is 5.91. The smallest absolute Gasteiger partial charge is 0.118 e. The highest BCUT2D eigenvalue weighted by atomic mass is 31.2. The lowest BCUT2D eigenvalue weighted by Gasteiger charge is -2.27. The number of unbranched alkanes of at least 4 members (excludes halogenated alkanes) is 3. The highest BCUT2D eigenvalue weighted by molar-refractivity contribution is 7.95. The van der Waals surface area contributed by atoms with Crippen molar-refractivity contribution in [2.24, 2.45) is 0 Å². The van der Waals surface area contributed by atoms with Crippen molar-refractivity contribution in [3.63, 3.8) is 0 Å². The van der Waals surface area contributed by atoms with Crippen molar-refractivity contribution in [1.82, 2.24) is 0 Å². The summed E-state index contributed by atoms with van der Waals surface area (Å²) in [6, 6.07) is 41.6. The largest absolute Gasteiger partial charge is 0.497 e. The van der Waals surface area contributed by atoms with Crippen molar-refractivity contribution in [3.05, 3.63) is 121 Å². The summed E-state index contributed by atoms with van der Waals surface area (Å²) in [7, 11) is -0.0114. The molecule has 4 aromatic carbocycles. The molecule has 0 amide bonds. The van der Waals surface area contributed by atoms with Crippen LogP contribution < -0.4 is 20.7 Å². The Morgan fingerprint density at radius 2 is 1.03 bits per heavy atom. The van der Waals surface area contributed by atoms with E-state index < -0.39 is 7.26 Å². The molecule has 0 saturated heterocycles. The number of ether oxygens (including phenoxy) is 2. The van der Waals surface area contributed by atoms with Crippen LogP contribution >= 0.6 is 7.26 Å². The van der Waals surface area contributed by atoms with Gasteiger partial charge in [-0.05, 0) is 73.4 Å². The number of hydrogen-bond acceptors (Lipinski definition) is 2. The van der Waals surface area contributed by atoms with Crippen molar-refractivity contribution in [3.8, 4) is 5.75 Å². The van der Waals surface area contributed by atoms with Crippen molar-refractivity contribution in [2.45, 2.75) is 32.3 Å². The highest BCUT2D eigenvalue weighted by Gasteiger charge is 2.44. The van der Waals surface area contributed by atoms with Crippen molar-refractivity contribution < 1.29 is 9.47 Å². The Bertz CT molecular complexity index is 1020. The zero-order chi connectivity index (χ0) is 24.2. The summed E-state index contributed by atoms with van der Waals surface area (Å²) in [6.45, 7) is 1.47. The van der Waals surface area contributed by atoms with E-state index in [4.69, 9.17) is 9.47 Å². The van der Waals surface area contributed by atoms with Gasteiger partial charge < -0.3 is 9.47 Å². The van der Waals surface area contributed by atoms with Crippen molar-refractivity contribution in [1.29, 1.82) is 0 Å². The molecule has 0 N–H and O–H groups in total. The van der Waals surface area contributed by atoms with Crippen LogP contribution in [0.1, 0.15) is 31.2 Å². The molecule has 0 aromatic heterocycles. The third-order valence-electron chi connectivity index (χ3n) is 6.55. The van der Waals surface area contributed by atoms with E-state index >= 15 is 0 Å². The fraction of sp³-hybridized carbons (Fsp3) is 0.250. The lowest BCUT2D eigenvalue weighted by molar-refractivity contribution is 0.117. The molecule has 0 aliphatic carbocycles. The number of rotatable bonds is 13. The maximum Gasteiger partial charge on any atom is 0.118 e. The minimum Gasteiger partial charge on any atom is -0.497 e. The second kappa shape index (κ2) is 13.2. The molecule has 3 heteroatoms.